The number of methoxy groups -OCH3 is 1. The van der Waals surface area contributed by atoms with Crippen molar-refractivity contribution in [2.75, 3.05) is 7.11 Å². The van der Waals surface area contributed by atoms with Crippen molar-refractivity contribution in [2.45, 2.75) is 19.3 Å². The SMILES string of the molecule is COc1ccc(C(C#N)Cc2ccc(C)cc2)cc1F. The monoisotopic (exact) mass is 269 g/mol. The van der Waals surface area contributed by atoms with E-state index >= 15 is 0 Å². The van der Waals surface area contributed by atoms with Crippen LogP contribution >= 0.6 is 0 Å². The number of nitrogens with zero attached hydrogens (tertiary/aromatic N) is 1. The average Bonchev–Trinajstić information content (AvgIpc) is 2.46. The van der Waals surface area contributed by atoms with Crippen molar-refractivity contribution in [1.82, 2.24) is 0 Å². The molecular weight excluding hydrogens is 253 g/mol. The molecule has 0 saturated carbocycles. The smallest absolute Gasteiger partial charge is 0.165 e. The normalized spacial score (nSPS) is 11.7. The largest absolute Gasteiger partial charge is 0.494 e. The third kappa shape index (κ3) is 3.16. The van der Waals surface area contributed by atoms with Gasteiger partial charge in [-0.3, -0.25) is 0 Å². The Labute approximate surface area is 118 Å². The van der Waals surface area contributed by atoms with Gasteiger partial charge in [0.1, 0.15) is 0 Å². The topological polar surface area (TPSA) is 33.0 Å². The summed E-state index contributed by atoms with van der Waals surface area (Å²) in [5.41, 5.74) is 2.92. The maximum absolute atomic E-state index is 13.7. The predicted molar refractivity (Wildman–Crippen MR) is 76.2 cm³/mol. The van der Waals surface area contributed by atoms with Crippen LogP contribution in [0.1, 0.15) is 22.6 Å². The first-order valence-corrected chi connectivity index (χ1v) is 6.42. The van der Waals surface area contributed by atoms with Gasteiger partial charge < -0.3 is 4.74 Å². The average molecular weight is 269 g/mol. The van der Waals surface area contributed by atoms with Crippen LogP contribution in [-0.2, 0) is 6.42 Å². The van der Waals surface area contributed by atoms with Gasteiger partial charge in [-0.05, 0) is 36.6 Å². The van der Waals surface area contributed by atoms with Crippen LogP contribution in [0.3, 0.4) is 0 Å². The van der Waals surface area contributed by atoms with Crippen molar-refractivity contribution in [3.63, 3.8) is 0 Å². The maximum atomic E-state index is 13.7. The molecule has 2 rings (SSSR count). The summed E-state index contributed by atoms with van der Waals surface area (Å²) < 4.78 is 18.6. The lowest BCUT2D eigenvalue weighted by molar-refractivity contribution is 0.386. The zero-order chi connectivity index (χ0) is 14.5. The Morgan fingerprint density at radius 2 is 1.90 bits per heavy atom. The van der Waals surface area contributed by atoms with Crippen LogP contribution in [0.25, 0.3) is 0 Å². The van der Waals surface area contributed by atoms with Crippen LogP contribution in [0, 0.1) is 24.1 Å². The maximum Gasteiger partial charge on any atom is 0.165 e. The minimum Gasteiger partial charge on any atom is -0.494 e. The number of ether oxygens (including phenoxy) is 1. The third-order valence-electron chi connectivity index (χ3n) is 3.29. The fraction of sp³-hybridized carbons (Fsp3) is 0.235. The van der Waals surface area contributed by atoms with Gasteiger partial charge in [0.05, 0.1) is 19.1 Å². The quantitative estimate of drug-likeness (QED) is 0.840. The van der Waals surface area contributed by atoms with Gasteiger partial charge >= 0.3 is 0 Å². The van der Waals surface area contributed by atoms with Crippen LogP contribution in [0.4, 0.5) is 4.39 Å². The van der Waals surface area contributed by atoms with Crippen molar-refractivity contribution in [2.24, 2.45) is 0 Å². The highest BCUT2D eigenvalue weighted by Crippen LogP contribution is 2.25. The lowest BCUT2D eigenvalue weighted by Gasteiger charge is -2.11. The number of benzene rings is 2. The Morgan fingerprint density at radius 3 is 2.45 bits per heavy atom. The van der Waals surface area contributed by atoms with Gasteiger partial charge in [-0.2, -0.15) is 5.26 Å². The van der Waals surface area contributed by atoms with Gasteiger partial charge in [-0.25, -0.2) is 4.39 Å². The molecule has 0 spiro atoms. The van der Waals surface area contributed by atoms with E-state index in [0.29, 0.717) is 12.0 Å². The summed E-state index contributed by atoms with van der Waals surface area (Å²) in [7, 11) is 1.42. The van der Waals surface area contributed by atoms with Crippen molar-refractivity contribution in [1.29, 1.82) is 5.26 Å². The summed E-state index contributed by atoms with van der Waals surface area (Å²) in [6, 6.07) is 14.9. The van der Waals surface area contributed by atoms with E-state index in [1.807, 2.05) is 31.2 Å². The molecule has 3 heteroatoms. The second-order valence-electron chi connectivity index (χ2n) is 4.77. The van der Waals surface area contributed by atoms with E-state index in [1.165, 1.54) is 18.7 Å². The minimum atomic E-state index is -0.436. The molecule has 0 saturated heterocycles. The number of hydrogen-bond acceptors (Lipinski definition) is 2. The number of rotatable bonds is 4. The molecule has 0 aliphatic rings. The molecule has 1 unspecified atom stereocenters. The van der Waals surface area contributed by atoms with Gasteiger partial charge in [0.2, 0.25) is 0 Å². The zero-order valence-electron chi connectivity index (χ0n) is 11.6. The number of halogens is 1. The van der Waals surface area contributed by atoms with Gasteiger partial charge in [0.25, 0.3) is 0 Å². The number of hydrogen-bond donors (Lipinski definition) is 0. The van der Waals surface area contributed by atoms with E-state index in [4.69, 9.17) is 4.74 Å². The van der Waals surface area contributed by atoms with Gasteiger partial charge in [0.15, 0.2) is 11.6 Å². The molecule has 0 N–H and O–H groups in total. The first kappa shape index (κ1) is 14.1. The van der Waals surface area contributed by atoms with Crippen LogP contribution in [0.15, 0.2) is 42.5 Å². The highest BCUT2D eigenvalue weighted by molar-refractivity contribution is 5.35. The number of nitriles is 1. The van der Waals surface area contributed by atoms with Crippen LogP contribution in [-0.4, -0.2) is 7.11 Å². The molecule has 0 heterocycles. The molecule has 102 valence electrons. The predicted octanol–water partition coefficient (Wildman–Crippen LogP) is 3.99. The second-order valence-corrected chi connectivity index (χ2v) is 4.77. The van der Waals surface area contributed by atoms with Gasteiger partial charge in [-0.1, -0.05) is 35.9 Å². The third-order valence-corrected chi connectivity index (χ3v) is 3.29. The summed E-state index contributed by atoms with van der Waals surface area (Å²) >= 11 is 0. The standard InChI is InChI=1S/C17H16FNO/c1-12-3-5-13(6-4-12)9-15(11-19)14-7-8-17(20-2)16(18)10-14/h3-8,10,15H,9H2,1-2H3. The zero-order valence-corrected chi connectivity index (χ0v) is 11.6. The Kier molecular flexibility index (Phi) is 4.37. The number of aryl methyl sites for hydroxylation is 1. The van der Waals surface area contributed by atoms with Crippen molar-refractivity contribution in [3.05, 3.63) is 65.0 Å². The Bertz CT molecular complexity index is 628. The molecule has 2 aromatic carbocycles. The fourth-order valence-electron chi connectivity index (χ4n) is 2.10. The highest BCUT2D eigenvalue weighted by atomic mass is 19.1. The molecule has 0 aliphatic heterocycles. The van der Waals surface area contributed by atoms with E-state index in [2.05, 4.69) is 6.07 Å². The van der Waals surface area contributed by atoms with Gasteiger partial charge in [-0.15, -0.1) is 0 Å². The molecule has 0 aliphatic carbocycles. The molecule has 0 fully saturated rings. The van der Waals surface area contributed by atoms with E-state index in [0.717, 1.165) is 5.56 Å². The van der Waals surface area contributed by atoms with Crippen molar-refractivity contribution >= 4 is 0 Å². The fourth-order valence-corrected chi connectivity index (χ4v) is 2.10. The Morgan fingerprint density at radius 1 is 1.20 bits per heavy atom. The summed E-state index contributed by atoms with van der Waals surface area (Å²) in [6.45, 7) is 2.02. The van der Waals surface area contributed by atoms with E-state index < -0.39 is 5.82 Å². The first-order valence-electron chi connectivity index (χ1n) is 6.42. The van der Waals surface area contributed by atoms with Crippen molar-refractivity contribution < 1.29 is 9.13 Å². The van der Waals surface area contributed by atoms with Gasteiger partial charge in [0, 0.05) is 0 Å². The summed E-state index contributed by atoms with van der Waals surface area (Å²) in [6.07, 6.45) is 0.572. The molecule has 1 atom stereocenters. The Balaban J connectivity index is 2.22. The highest BCUT2D eigenvalue weighted by Gasteiger charge is 2.14. The minimum absolute atomic E-state index is 0.195. The molecule has 0 aromatic heterocycles. The van der Waals surface area contributed by atoms with E-state index in [1.54, 1.807) is 12.1 Å². The summed E-state index contributed by atoms with van der Waals surface area (Å²) in [4.78, 5) is 0. The van der Waals surface area contributed by atoms with E-state index in [-0.39, 0.29) is 11.7 Å². The lowest BCUT2D eigenvalue weighted by Crippen LogP contribution is -2.02. The molecule has 2 nitrogen and oxygen atoms in total. The molecule has 0 radical (unpaired) electrons. The molecule has 0 amide bonds. The Hall–Kier alpha value is -2.34. The van der Waals surface area contributed by atoms with Crippen molar-refractivity contribution in [3.8, 4) is 11.8 Å². The van der Waals surface area contributed by atoms with Crippen LogP contribution in [0.5, 0.6) is 5.75 Å². The first-order chi connectivity index (χ1) is 9.63. The molecule has 2 aromatic rings. The lowest BCUT2D eigenvalue weighted by atomic mass is 9.93. The molecular formula is C17H16FNO. The molecule has 20 heavy (non-hydrogen) atoms. The second kappa shape index (κ2) is 6.21. The van der Waals surface area contributed by atoms with E-state index in [9.17, 15) is 9.65 Å². The summed E-state index contributed by atoms with van der Waals surface area (Å²) in [5, 5.41) is 9.31. The molecule has 0 bridgehead atoms. The van der Waals surface area contributed by atoms with Crippen LogP contribution < -0.4 is 4.74 Å². The van der Waals surface area contributed by atoms with Crippen LogP contribution in [0.2, 0.25) is 0 Å². The summed E-state index contributed by atoms with van der Waals surface area (Å²) in [5.74, 6) is -0.604.